The van der Waals surface area contributed by atoms with E-state index in [0.717, 1.165) is 0 Å². The molecule has 27 heavy (non-hydrogen) atoms. The first-order valence-corrected chi connectivity index (χ1v) is 9.50. The van der Waals surface area contributed by atoms with Gasteiger partial charge in [0, 0.05) is 0 Å². The lowest BCUT2D eigenvalue weighted by atomic mass is 9.62. The molecule has 2 fully saturated rings. The second-order valence-corrected chi connectivity index (χ2v) is 8.57. The van der Waals surface area contributed by atoms with Gasteiger partial charge in [0.05, 0.1) is 24.9 Å². The lowest BCUT2D eigenvalue weighted by Crippen LogP contribution is -2.61. The maximum Gasteiger partial charge on any atom is 0.187 e. The van der Waals surface area contributed by atoms with Crippen LogP contribution in [0.1, 0.15) is 34.1 Å². The molecule has 1 heterocycles. The lowest BCUT2D eigenvalue weighted by molar-refractivity contribution is -0.326. The predicted octanol–water partition coefficient (Wildman–Crippen LogP) is -0.848. The smallest absolute Gasteiger partial charge is 0.187 e. The Morgan fingerprint density at radius 3 is 2.33 bits per heavy atom. The SMILES string of the molecule is CC(O)/C=C/C1C(C)C(O[C@@H]2O[C@H](CO)[C@@H](O)[C@H](O)[C@H]2O)C(O)CC1(C)C. The minimum atomic E-state index is -1.53. The number of hydrogen-bond donors (Lipinski definition) is 6. The number of aliphatic hydroxyl groups excluding tert-OH is 6. The molecule has 158 valence electrons. The van der Waals surface area contributed by atoms with Gasteiger partial charge in [-0.15, -0.1) is 0 Å². The van der Waals surface area contributed by atoms with Crippen LogP contribution in [-0.4, -0.2) is 86.3 Å². The van der Waals surface area contributed by atoms with Gasteiger partial charge in [0.15, 0.2) is 6.29 Å². The average Bonchev–Trinajstić information content (AvgIpc) is 2.57. The summed E-state index contributed by atoms with van der Waals surface area (Å²) in [6.07, 6.45) is -4.89. The summed E-state index contributed by atoms with van der Waals surface area (Å²) in [5.41, 5.74) is -0.237. The molecular formula is C19H34O8. The minimum absolute atomic E-state index is 0.00890. The van der Waals surface area contributed by atoms with E-state index >= 15 is 0 Å². The van der Waals surface area contributed by atoms with E-state index in [1.54, 1.807) is 13.0 Å². The van der Waals surface area contributed by atoms with Crippen LogP contribution in [0.4, 0.5) is 0 Å². The summed E-state index contributed by atoms with van der Waals surface area (Å²) in [5.74, 6) is -0.184. The van der Waals surface area contributed by atoms with Crippen LogP contribution in [0.2, 0.25) is 0 Å². The van der Waals surface area contributed by atoms with Crippen LogP contribution in [0.3, 0.4) is 0 Å². The van der Waals surface area contributed by atoms with Crippen LogP contribution in [0.25, 0.3) is 0 Å². The molecular weight excluding hydrogens is 356 g/mol. The summed E-state index contributed by atoms with van der Waals surface area (Å²) < 4.78 is 11.3. The standard InChI is InChI=1S/C19H34O8/c1-9(21)5-6-11-10(2)17(12(22)7-19(11,3)4)27-18-16(25)15(24)14(23)13(8-20)26-18/h5-6,9-18,20-25H,7-8H2,1-4H3/b6-5+/t9?,10?,11?,12?,13-,14-,15+,16-,17?,18+/m1/s1. The van der Waals surface area contributed by atoms with E-state index in [2.05, 4.69) is 0 Å². The van der Waals surface area contributed by atoms with Gasteiger partial charge in [0.1, 0.15) is 24.4 Å². The fourth-order valence-corrected chi connectivity index (χ4v) is 4.32. The van der Waals surface area contributed by atoms with E-state index in [1.807, 2.05) is 26.8 Å². The minimum Gasteiger partial charge on any atom is -0.394 e. The Hall–Kier alpha value is -0.580. The highest BCUT2D eigenvalue weighted by Gasteiger charge is 2.50. The van der Waals surface area contributed by atoms with E-state index in [1.165, 1.54) is 0 Å². The third kappa shape index (κ3) is 4.89. The largest absolute Gasteiger partial charge is 0.394 e. The van der Waals surface area contributed by atoms with Gasteiger partial charge in [-0.3, -0.25) is 0 Å². The summed E-state index contributed by atoms with van der Waals surface area (Å²) in [6, 6.07) is 0. The van der Waals surface area contributed by atoms with E-state index in [4.69, 9.17) is 9.47 Å². The van der Waals surface area contributed by atoms with Gasteiger partial charge in [0.25, 0.3) is 0 Å². The maximum atomic E-state index is 10.6. The Morgan fingerprint density at radius 1 is 1.15 bits per heavy atom. The monoisotopic (exact) mass is 390 g/mol. The molecule has 0 bridgehead atoms. The summed E-state index contributed by atoms with van der Waals surface area (Å²) in [4.78, 5) is 0. The third-order valence-electron chi connectivity index (χ3n) is 5.84. The second-order valence-electron chi connectivity index (χ2n) is 8.57. The Balaban J connectivity index is 2.18. The van der Waals surface area contributed by atoms with Crippen LogP contribution in [0.5, 0.6) is 0 Å². The van der Waals surface area contributed by atoms with Crippen molar-refractivity contribution >= 4 is 0 Å². The molecule has 0 spiro atoms. The lowest BCUT2D eigenvalue weighted by Gasteiger charge is -2.50. The molecule has 8 heteroatoms. The molecule has 2 rings (SSSR count). The number of allylic oxidation sites excluding steroid dienone is 1. The maximum absolute atomic E-state index is 10.6. The van der Waals surface area contributed by atoms with Crippen molar-refractivity contribution in [1.82, 2.24) is 0 Å². The van der Waals surface area contributed by atoms with Crippen molar-refractivity contribution in [3.8, 4) is 0 Å². The highest BCUT2D eigenvalue weighted by molar-refractivity contribution is 5.06. The molecule has 0 aromatic rings. The van der Waals surface area contributed by atoms with E-state index in [-0.39, 0.29) is 17.3 Å². The van der Waals surface area contributed by atoms with Crippen molar-refractivity contribution in [3.05, 3.63) is 12.2 Å². The molecule has 0 aromatic heterocycles. The fourth-order valence-electron chi connectivity index (χ4n) is 4.32. The topological polar surface area (TPSA) is 140 Å². The summed E-state index contributed by atoms with van der Waals surface area (Å²) in [7, 11) is 0. The number of ether oxygens (including phenoxy) is 2. The Morgan fingerprint density at radius 2 is 1.78 bits per heavy atom. The molecule has 5 unspecified atom stereocenters. The first-order chi connectivity index (χ1) is 12.5. The van der Waals surface area contributed by atoms with Crippen molar-refractivity contribution in [1.29, 1.82) is 0 Å². The van der Waals surface area contributed by atoms with Crippen LogP contribution < -0.4 is 0 Å². The van der Waals surface area contributed by atoms with E-state index in [0.29, 0.717) is 6.42 Å². The van der Waals surface area contributed by atoms with Crippen molar-refractivity contribution in [2.45, 2.75) is 83.1 Å². The molecule has 1 aliphatic carbocycles. The van der Waals surface area contributed by atoms with Gasteiger partial charge >= 0.3 is 0 Å². The molecule has 2 aliphatic rings. The first-order valence-electron chi connectivity index (χ1n) is 9.50. The van der Waals surface area contributed by atoms with Gasteiger partial charge in [-0.2, -0.15) is 0 Å². The molecule has 8 nitrogen and oxygen atoms in total. The van der Waals surface area contributed by atoms with Crippen LogP contribution >= 0.6 is 0 Å². The van der Waals surface area contributed by atoms with Gasteiger partial charge in [-0.1, -0.05) is 32.9 Å². The summed E-state index contributed by atoms with van der Waals surface area (Å²) in [5, 5.41) is 59.5. The van der Waals surface area contributed by atoms with Crippen LogP contribution in [0, 0.1) is 17.3 Å². The van der Waals surface area contributed by atoms with E-state index < -0.39 is 55.6 Å². The first kappa shape index (κ1) is 22.7. The zero-order chi connectivity index (χ0) is 20.5. The van der Waals surface area contributed by atoms with Crippen LogP contribution in [0.15, 0.2) is 12.2 Å². The predicted molar refractivity (Wildman–Crippen MR) is 96.5 cm³/mol. The number of aliphatic hydroxyl groups is 6. The molecule has 1 aliphatic heterocycles. The molecule has 6 N–H and O–H groups in total. The van der Waals surface area contributed by atoms with Gasteiger partial charge in [-0.25, -0.2) is 0 Å². The normalized spacial score (nSPS) is 46.5. The Kier molecular flexibility index (Phi) is 7.43. The van der Waals surface area contributed by atoms with Crippen molar-refractivity contribution in [3.63, 3.8) is 0 Å². The summed E-state index contributed by atoms with van der Waals surface area (Å²) in [6.45, 7) is 7.10. The zero-order valence-corrected chi connectivity index (χ0v) is 16.3. The fraction of sp³-hybridized carbons (Fsp3) is 0.895. The van der Waals surface area contributed by atoms with Gasteiger partial charge in [0.2, 0.25) is 0 Å². The molecule has 0 aromatic carbocycles. The van der Waals surface area contributed by atoms with Crippen molar-refractivity contribution in [2.75, 3.05) is 6.61 Å². The van der Waals surface area contributed by atoms with Gasteiger partial charge < -0.3 is 40.1 Å². The molecule has 0 amide bonds. The quantitative estimate of drug-likeness (QED) is 0.334. The average molecular weight is 390 g/mol. The Labute approximate surface area is 160 Å². The molecule has 0 radical (unpaired) electrons. The second kappa shape index (κ2) is 8.84. The number of hydrogen-bond acceptors (Lipinski definition) is 8. The molecule has 1 saturated heterocycles. The van der Waals surface area contributed by atoms with Crippen LogP contribution in [-0.2, 0) is 9.47 Å². The zero-order valence-electron chi connectivity index (χ0n) is 16.3. The third-order valence-corrected chi connectivity index (χ3v) is 5.84. The van der Waals surface area contributed by atoms with Crippen molar-refractivity contribution in [2.24, 2.45) is 17.3 Å². The van der Waals surface area contributed by atoms with E-state index in [9.17, 15) is 30.6 Å². The molecule has 10 atom stereocenters. The van der Waals surface area contributed by atoms with Crippen molar-refractivity contribution < 1.29 is 40.1 Å². The highest BCUT2D eigenvalue weighted by Crippen LogP contribution is 2.46. The summed E-state index contributed by atoms with van der Waals surface area (Å²) >= 11 is 0. The number of rotatable bonds is 5. The molecule has 1 saturated carbocycles. The Bertz CT molecular complexity index is 506. The van der Waals surface area contributed by atoms with Gasteiger partial charge in [-0.05, 0) is 30.6 Å². The highest BCUT2D eigenvalue weighted by atomic mass is 16.7.